The lowest BCUT2D eigenvalue weighted by Crippen LogP contribution is -2.42. The molecular weight excluding hydrogens is 327 g/mol. The number of amides is 2. The van der Waals surface area contributed by atoms with E-state index in [1.54, 1.807) is 32.2 Å². The minimum atomic E-state index is -0.540. The Bertz CT molecular complexity index is 807. The van der Waals surface area contributed by atoms with E-state index >= 15 is 0 Å². The molecule has 7 heteroatoms. The van der Waals surface area contributed by atoms with Gasteiger partial charge in [0.2, 0.25) is 0 Å². The van der Waals surface area contributed by atoms with Crippen LogP contribution in [0.15, 0.2) is 42.5 Å². The Kier molecular flexibility index (Phi) is 4.56. The van der Waals surface area contributed by atoms with E-state index in [9.17, 15) is 14.0 Å². The number of nitrogens with zero attached hydrogens (tertiary/aromatic N) is 1. The molecule has 0 radical (unpaired) electrons. The number of hydrogen-bond donors (Lipinski definition) is 1. The normalized spacial score (nSPS) is 16.0. The molecule has 0 aliphatic carbocycles. The van der Waals surface area contributed by atoms with E-state index in [0.29, 0.717) is 22.9 Å². The van der Waals surface area contributed by atoms with Gasteiger partial charge in [-0.25, -0.2) is 4.39 Å². The monoisotopic (exact) mass is 344 g/mol. The van der Waals surface area contributed by atoms with Crippen LogP contribution < -0.4 is 19.7 Å². The SMILES string of the molecule is CC1Oc2ccc(NC(=O)COc3ccc(F)cc3)cc2N(C)C1=O. The summed E-state index contributed by atoms with van der Waals surface area (Å²) in [6.07, 6.45) is -0.540. The number of nitrogens with one attached hydrogen (secondary N) is 1. The molecule has 3 rings (SSSR count). The van der Waals surface area contributed by atoms with Crippen molar-refractivity contribution in [1.82, 2.24) is 0 Å². The Labute approximate surface area is 144 Å². The predicted octanol–water partition coefficient (Wildman–Crippen LogP) is 2.59. The highest BCUT2D eigenvalue weighted by atomic mass is 19.1. The highest BCUT2D eigenvalue weighted by molar-refractivity contribution is 6.00. The van der Waals surface area contributed by atoms with Crippen LogP contribution in [0.2, 0.25) is 0 Å². The first-order valence-corrected chi connectivity index (χ1v) is 7.70. The van der Waals surface area contributed by atoms with Gasteiger partial charge in [0, 0.05) is 12.7 Å². The van der Waals surface area contributed by atoms with Gasteiger partial charge in [-0.05, 0) is 49.4 Å². The van der Waals surface area contributed by atoms with Crippen LogP contribution in [0.1, 0.15) is 6.92 Å². The number of likely N-dealkylation sites (N-methyl/N-ethyl adjacent to an activating group) is 1. The average molecular weight is 344 g/mol. The number of halogens is 1. The van der Waals surface area contributed by atoms with Gasteiger partial charge in [0.15, 0.2) is 12.7 Å². The summed E-state index contributed by atoms with van der Waals surface area (Å²) in [5.41, 5.74) is 1.10. The summed E-state index contributed by atoms with van der Waals surface area (Å²) in [4.78, 5) is 25.5. The third kappa shape index (κ3) is 3.71. The van der Waals surface area contributed by atoms with Crippen LogP contribution in [0.4, 0.5) is 15.8 Å². The van der Waals surface area contributed by atoms with E-state index in [-0.39, 0.29) is 24.2 Å². The van der Waals surface area contributed by atoms with Gasteiger partial charge in [-0.2, -0.15) is 0 Å². The van der Waals surface area contributed by atoms with Gasteiger partial charge in [0.25, 0.3) is 11.8 Å². The molecule has 0 bridgehead atoms. The summed E-state index contributed by atoms with van der Waals surface area (Å²) >= 11 is 0. The Morgan fingerprint density at radius 3 is 2.72 bits per heavy atom. The molecule has 6 nitrogen and oxygen atoms in total. The lowest BCUT2D eigenvalue weighted by molar-refractivity contribution is -0.125. The van der Waals surface area contributed by atoms with Gasteiger partial charge in [-0.3, -0.25) is 9.59 Å². The number of benzene rings is 2. The van der Waals surface area contributed by atoms with Crippen molar-refractivity contribution in [3.8, 4) is 11.5 Å². The summed E-state index contributed by atoms with van der Waals surface area (Å²) < 4.78 is 23.6. The summed E-state index contributed by atoms with van der Waals surface area (Å²) in [5.74, 6) is 0.0740. The van der Waals surface area contributed by atoms with Crippen molar-refractivity contribution in [1.29, 1.82) is 0 Å². The molecule has 0 saturated carbocycles. The summed E-state index contributed by atoms with van der Waals surface area (Å²) in [6.45, 7) is 1.47. The first kappa shape index (κ1) is 16.8. The van der Waals surface area contributed by atoms with Crippen molar-refractivity contribution in [2.24, 2.45) is 0 Å². The number of ether oxygens (including phenoxy) is 2. The van der Waals surface area contributed by atoms with E-state index in [2.05, 4.69) is 5.32 Å². The topological polar surface area (TPSA) is 67.9 Å². The summed E-state index contributed by atoms with van der Waals surface area (Å²) in [5, 5.41) is 2.69. The third-order valence-corrected chi connectivity index (χ3v) is 3.77. The molecule has 130 valence electrons. The maximum Gasteiger partial charge on any atom is 0.267 e. The molecule has 0 aromatic heterocycles. The number of fused-ring (bicyclic) bond motifs is 1. The average Bonchev–Trinajstić information content (AvgIpc) is 2.60. The first-order chi connectivity index (χ1) is 11.9. The molecule has 0 fully saturated rings. The zero-order valence-electron chi connectivity index (χ0n) is 13.8. The molecule has 1 unspecified atom stereocenters. The van der Waals surface area contributed by atoms with Crippen molar-refractivity contribution >= 4 is 23.2 Å². The van der Waals surface area contributed by atoms with Crippen molar-refractivity contribution in [3.05, 3.63) is 48.3 Å². The Morgan fingerprint density at radius 1 is 1.28 bits per heavy atom. The molecule has 0 saturated heterocycles. The fraction of sp³-hybridized carbons (Fsp3) is 0.222. The minimum absolute atomic E-state index is 0.157. The maximum absolute atomic E-state index is 12.8. The van der Waals surface area contributed by atoms with Gasteiger partial charge in [-0.15, -0.1) is 0 Å². The second-order valence-corrected chi connectivity index (χ2v) is 5.63. The maximum atomic E-state index is 12.8. The largest absolute Gasteiger partial charge is 0.484 e. The quantitative estimate of drug-likeness (QED) is 0.926. The summed E-state index contributed by atoms with van der Waals surface area (Å²) in [7, 11) is 1.66. The molecule has 2 aromatic carbocycles. The number of carbonyl (C=O) groups is 2. The second kappa shape index (κ2) is 6.80. The van der Waals surface area contributed by atoms with E-state index in [1.165, 1.54) is 29.2 Å². The van der Waals surface area contributed by atoms with Crippen LogP contribution in [-0.4, -0.2) is 31.6 Å². The van der Waals surface area contributed by atoms with Crippen molar-refractivity contribution < 1.29 is 23.5 Å². The van der Waals surface area contributed by atoms with Crippen LogP contribution in [0, 0.1) is 5.82 Å². The van der Waals surface area contributed by atoms with Crippen LogP contribution >= 0.6 is 0 Å². The molecule has 0 spiro atoms. The number of rotatable bonds is 4. The van der Waals surface area contributed by atoms with Crippen LogP contribution in [-0.2, 0) is 9.59 Å². The van der Waals surface area contributed by atoms with E-state index < -0.39 is 6.10 Å². The Balaban J connectivity index is 1.64. The molecule has 1 atom stereocenters. The number of carbonyl (C=O) groups excluding carboxylic acids is 2. The van der Waals surface area contributed by atoms with Gasteiger partial charge in [0.1, 0.15) is 17.3 Å². The Hall–Kier alpha value is -3.09. The van der Waals surface area contributed by atoms with Crippen LogP contribution in [0.25, 0.3) is 0 Å². The van der Waals surface area contributed by atoms with Crippen molar-refractivity contribution in [2.75, 3.05) is 23.9 Å². The number of hydrogen-bond acceptors (Lipinski definition) is 4. The first-order valence-electron chi connectivity index (χ1n) is 7.70. The fourth-order valence-corrected chi connectivity index (χ4v) is 2.47. The minimum Gasteiger partial charge on any atom is -0.484 e. The molecule has 1 aliphatic rings. The molecule has 2 aromatic rings. The molecule has 1 heterocycles. The summed E-state index contributed by atoms with van der Waals surface area (Å²) in [6, 6.07) is 10.4. The molecule has 25 heavy (non-hydrogen) atoms. The van der Waals surface area contributed by atoms with E-state index in [0.717, 1.165) is 0 Å². The lowest BCUT2D eigenvalue weighted by atomic mass is 10.2. The van der Waals surface area contributed by atoms with Gasteiger partial charge in [0.05, 0.1) is 5.69 Å². The fourth-order valence-electron chi connectivity index (χ4n) is 2.47. The predicted molar refractivity (Wildman–Crippen MR) is 90.5 cm³/mol. The second-order valence-electron chi connectivity index (χ2n) is 5.63. The van der Waals surface area contributed by atoms with Crippen molar-refractivity contribution in [3.63, 3.8) is 0 Å². The molecular formula is C18H17FN2O4. The zero-order chi connectivity index (χ0) is 18.0. The van der Waals surface area contributed by atoms with E-state index in [4.69, 9.17) is 9.47 Å². The molecule has 2 amide bonds. The molecule has 1 aliphatic heterocycles. The highest BCUT2D eigenvalue weighted by Crippen LogP contribution is 2.35. The highest BCUT2D eigenvalue weighted by Gasteiger charge is 2.29. The zero-order valence-corrected chi connectivity index (χ0v) is 13.8. The standard InChI is InChI=1S/C18H17FN2O4/c1-11-18(23)21(2)15-9-13(5-8-16(15)25-11)20-17(22)10-24-14-6-3-12(19)4-7-14/h3-9,11H,10H2,1-2H3,(H,20,22). The van der Waals surface area contributed by atoms with Crippen LogP contribution in [0.5, 0.6) is 11.5 Å². The van der Waals surface area contributed by atoms with Gasteiger partial charge < -0.3 is 19.7 Å². The van der Waals surface area contributed by atoms with Gasteiger partial charge >= 0.3 is 0 Å². The van der Waals surface area contributed by atoms with Crippen LogP contribution in [0.3, 0.4) is 0 Å². The smallest absolute Gasteiger partial charge is 0.267 e. The third-order valence-electron chi connectivity index (χ3n) is 3.77. The van der Waals surface area contributed by atoms with E-state index in [1.807, 2.05) is 0 Å². The Morgan fingerprint density at radius 2 is 2.00 bits per heavy atom. The lowest BCUT2D eigenvalue weighted by Gasteiger charge is -2.30. The van der Waals surface area contributed by atoms with Gasteiger partial charge in [-0.1, -0.05) is 0 Å². The number of anilines is 2. The molecule has 1 N–H and O–H groups in total. The van der Waals surface area contributed by atoms with Crippen molar-refractivity contribution in [2.45, 2.75) is 13.0 Å².